The smallest absolute Gasteiger partial charge is 0.263 e. The highest BCUT2D eigenvalue weighted by molar-refractivity contribution is 7.80. The highest BCUT2D eigenvalue weighted by Crippen LogP contribution is 2.21. The number of para-hydroxylation sites is 1. The molecule has 1 aliphatic rings. The topological polar surface area (TPSA) is 96.5 Å². The van der Waals surface area contributed by atoms with Gasteiger partial charge in [0.25, 0.3) is 17.7 Å². The van der Waals surface area contributed by atoms with Crippen LogP contribution in [0.5, 0.6) is 5.75 Å². The second-order valence-corrected chi connectivity index (χ2v) is 6.50. The maximum Gasteiger partial charge on any atom is 0.263 e. The Kier molecular flexibility index (Phi) is 6.03. The molecule has 28 heavy (non-hydrogen) atoms. The van der Waals surface area contributed by atoms with E-state index in [1.54, 1.807) is 48.5 Å². The maximum absolute atomic E-state index is 12.0. The van der Waals surface area contributed by atoms with E-state index in [1.165, 1.54) is 6.08 Å². The molecule has 0 aromatic heterocycles. The minimum absolute atomic E-state index is 0.0336. The standard InChI is InChI=1S/C19H14ClN3O4S/c20-14-6-1-2-7-15(14)21-16(24)10-27-12-5-3-4-11(8-12)9-13-17(25)22-19(28)23-18(13)26/h1-9H,10H2,(H,21,24)(H2,22,23,25,26,28). The lowest BCUT2D eigenvalue weighted by atomic mass is 10.1. The third-order valence-corrected chi connectivity index (χ3v) is 4.16. The van der Waals surface area contributed by atoms with Crippen LogP contribution in [0.3, 0.4) is 0 Å². The Hall–Kier alpha value is -3.23. The fourth-order valence-corrected chi connectivity index (χ4v) is 2.73. The fraction of sp³-hybridized carbons (Fsp3) is 0.0526. The van der Waals surface area contributed by atoms with Crippen molar-refractivity contribution in [2.45, 2.75) is 0 Å². The molecule has 1 fully saturated rings. The van der Waals surface area contributed by atoms with E-state index in [0.29, 0.717) is 22.0 Å². The number of benzene rings is 2. The molecule has 9 heteroatoms. The van der Waals surface area contributed by atoms with Crippen LogP contribution in [0, 0.1) is 0 Å². The molecule has 0 aliphatic carbocycles. The highest BCUT2D eigenvalue weighted by Gasteiger charge is 2.25. The zero-order chi connectivity index (χ0) is 20.1. The van der Waals surface area contributed by atoms with Gasteiger partial charge in [-0.1, -0.05) is 35.9 Å². The van der Waals surface area contributed by atoms with Crippen LogP contribution in [0.15, 0.2) is 54.1 Å². The Balaban J connectivity index is 1.65. The van der Waals surface area contributed by atoms with E-state index < -0.39 is 11.8 Å². The van der Waals surface area contributed by atoms with Crippen molar-refractivity contribution in [1.29, 1.82) is 0 Å². The second-order valence-electron chi connectivity index (χ2n) is 5.68. The SMILES string of the molecule is O=C(COc1cccc(C=C2C(=O)NC(=S)NC2=O)c1)Nc1ccccc1Cl. The highest BCUT2D eigenvalue weighted by atomic mass is 35.5. The fourth-order valence-electron chi connectivity index (χ4n) is 2.36. The largest absolute Gasteiger partial charge is 0.484 e. The number of halogens is 1. The number of thiocarbonyl (C=S) groups is 1. The first-order valence-corrected chi connectivity index (χ1v) is 8.86. The molecule has 1 heterocycles. The van der Waals surface area contributed by atoms with Gasteiger partial charge >= 0.3 is 0 Å². The van der Waals surface area contributed by atoms with Gasteiger partial charge in [-0.25, -0.2) is 0 Å². The van der Waals surface area contributed by atoms with Crippen molar-refractivity contribution in [3.8, 4) is 5.75 Å². The zero-order valence-corrected chi connectivity index (χ0v) is 15.9. The van der Waals surface area contributed by atoms with E-state index in [0.717, 1.165) is 0 Å². The van der Waals surface area contributed by atoms with E-state index in [1.807, 2.05) is 0 Å². The molecular formula is C19H14ClN3O4S. The van der Waals surface area contributed by atoms with Gasteiger partial charge < -0.3 is 10.1 Å². The average molecular weight is 416 g/mol. The lowest BCUT2D eigenvalue weighted by Crippen LogP contribution is -2.51. The van der Waals surface area contributed by atoms with Gasteiger partial charge in [0, 0.05) is 0 Å². The summed E-state index contributed by atoms with van der Waals surface area (Å²) in [6.45, 7) is -0.236. The predicted molar refractivity (Wildman–Crippen MR) is 109 cm³/mol. The summed E-state index contributed by atoms with van der Waals surface area (Å²) in [7, 11) is 0. The van der Waals surface area contributed by atoms with Gasteiger partial charge in [0.2, 0.25) is 0 Å². The molecule has 0 radical (unpaired) electrons. The van der Waals surface area contributed by atoms with Crippen molar-refractivity contribution in [2.75, 3.05) is 11.9 Å². The number of carbonyl (C=O) groups is 3. The van der Waals surface area contributed by atoms with Crippen LogP contribution >= 0.6 is 23.8 Å². The van der Waals surface area contributed by atoms with Crippen molar-refractivity contribution in [3.63, 3.8) is 0 Å². The third kappa shape index (κ3) is 4.93. The lowest BCUT2D eigenvalue weighted by molar-refractivity contribution is -0.123. The first-order chi connectivity index (χ1) is 13.4. The molecule has 3 N–H and O–H groups in total. The Morgan fingerprint density at radius 1 is 1.11 bits per heavy atom. The molecule has 1 saturated heterocycles. The van der Waals surface area contributed by atoms with Crippen molar-refractivity contribution in [2.24, 2.45) is 0 Å². The molecule has 7 nitrogen and oxygen atoms in total. The summed E-state index contributed by atoms with van der Waals surface area (Å²) in [6, 6.07) is 13.5. The average Bonchev–Trinajstić information content (AvgIpc) is 2.65. The number of ether oxygens (including phenoxy) is 1. The lowest BCUT2D eigenvalue weighted by Gasteiger charge is -2.16. The van der Waals surface area contributed by atoms with Gasteiger partial charge in [-0.05, 0) is 48.1 Å². The minimum atomic E-state index is -0.584. The van der Waals surface area contributed by atoms with E-state index in [2.05, 4.69) is 16.0 Å². The number of hydrogen-bond acceptors (Lipinski definition) is 5. The van der Waals surface area contributed by atoms with Gasteiger partial charge in [-0.15, -0.1) is 0 Å². The van der Waals surface area contributed by atoms with Crippen molar-refractivity contribution >= 4 is 58.4 Å². The Morgan fingerprint density at radius 2 is 1.82 bits per heavy atom. The molecule has 3 amide bonds. The van der Waals surface area contributed by atoms with Crippen LogP contribution in [0.2, 0.25) is 5.02 Å². The number of amides is 3. The summed E-state index contributed by atoms with van der Waals surface area (Å²) in [5.74, 6) is -1.15. The molecule has 1 aliphatic heterocycles. The number of rotatable bonds is 5. The molecule has 142 valence electrons. The van der Waals surface area contributed by atoms with Crippen LogP contribution in [-0.4, -0.2) is 29.4 Å². The molecule has 0 atom stereocenters. The van der Waals surface area contributed by atoms with Crippen LogP contribution < -0.4 is 20.7 Å². The van der Waals surface area contributed by atoms with Gasteiger partial charge in [-0.3, -0.25) is 25.0 Å². The monoisotopic (exact) mass is 415 g/mol. The van der Waals surface area contributed by atoms with E-state index >= 15 is 0 Å². The number of carbonyl (C=O) groups excluding carboxylic acids is 3. The van der Waals surface area contributed by atoms with Crippen molar-refractivity contribution < 1.29 is 19.1 Å². The minimum Gasteiger partial charge on any atom is -0.484 e. The molecule has 0 spiro atoms. The number of anilines is 1. The molecule has 2 aromatic rings. The number of nitrogens with one attached hydrogen (secondary N) is 3. The van der Waals surface area contributed by atoms with Crippen LogP contribution in [-0.2, 0) is 14.4 Å². The normalized spacial score (nSPS) is 13.5. The Bertz CT molecular complexity index is 984. The first-order valence-electron chi connectivity index (χ1n) is 8.08. The summed E-state index contributed by atoms with van der Waals surface area (Å²) < 4.78 is 5.47. The summed E-state index contributed by atoms with van der Waals surface area (Å²) in [4.78, 5) is 35.8. The number of hydrogen-bond donors (Lipinski definition) is 3. The molecular weight excluding hydrogens is 402 g/mol. The zero-order valence-electron chi connectivity index (χ0n) is 14.3. The van der Waals surface area contributed by atoms with Gasteiger partial charge in [0.05, 0.1) is 10.7 Å². The molecule has 0 bridgehead atoms. The maximum atomic E-state index is 12.0. The summed E-state index contributed by atoms with van der Waals surface area (Å²) in [5, 5.41) is 7.76. The second kappa shape index (κ2) is 8.64. The summed E-state index contributed by atoms with van der Waals surface area (Å²) in [5.41, 5.74) is 0.961. The third-order valence-electron chi connectivity index (χ3n) is 3.63. The van der Waals surface area contributed by atoms with Gasteiger partial charge in [-0.2, -0.15) is 0 Å². The van der Waals surface area contributed by atoms with E-state index in [9.17, 15) is 14.4 Å². The molecule has 0 saturated carbocycles. The van der Waals surface area contributed by atoms with Crippen LogP contribution in [0.4, 0.5) is 5.69 Å². The molecule has 0 unspecified atom stereocenters. The first kappa shape index (κ1) is 19.5. The predicted octanol–water partition coefficient (Wildman–Crippen LogP) is 2.27. The summed E-state index contributed by atoms with van der Waals surface area (Å²) >= 11 is 10.8. The van der Waals surface area contributed by atoms with Crippen LogP contribution in [0.1, 0.15) is 5.56 Å². The van der Waals surface area contributed by atoms with Crippen LogP contribution in [0.25, 0.3) is 6.08 Å². The quantitative estimate of drug-likeness (QED) is 0.395. The van der Waals surface area contributed by atoms with Gasteiger partial charge in [0.15, 0.2) is 11.7 Å². The van der Waals surface area contributed by atoms with Crippen molar-refractivity contribution in [3.05, 3.63) is 64.7 Å². The van der Waals surface area contributed by atoms with E-state index in [-0.39, 0.29) is 23.2 Å². The summed E-state index contributed by atoms with van der Waals surface area (Å²) in [6.07, 6.45) is 1.41. The Labute approximate surface area is 170 Å². The molecule has 3 rings (SSSR count). The van der Waals surface area contributed by atoms with Crippen molar-refractivity contribution in [1.82, 2.24) is 10.6 Å². The molecule has 2 aromatic carbocycles. The van der Waals surface area contributed by atoms with E-state index in [4.69, 9.17) is 28.6 Å². The van der Waals surface area contributed by atoms with Gasteiger partial charge in [0.1, 0.15) is 11.3 Å². The Morgan fingerprint density at radius 3 is 2.54 bits per heavy atom.